The van der Waals surface area contributed by atoms with Crippen LogP contribution in [0.1, 0.15) is 38.5 Å². The maximum atomic E-state index is 11.4. The Morgan fingerprint density at radius 2 is 2.15 bits per heavy atom. The molecule has 0 bridgehead atoms. The predicted molar refractivity (Wildman–Crippen MR) is 47.9 cm³/mol. The van der Waals surface area contributed by atoms with Crippen LogP contribution in [0.25, 0.3) is 0 Å². The third-order valence-electron chi connectivity index (χ3n) is 2.90. The molecule has 0 aromatic heterocycles. The summed E-state index contributed by atoms with van der Waals surface area (Å²) in [7, 11) is 0. The lowest BCUT2D eigenvalue weighted by atomic mass is 9.85. The number of nitrogens with zero attached hydrogens (tertiary/aromatic N) is 1. The molecule has 1 amide bonds. The first-order valence-corrected chi connectivity index (χ1v) is 4.90. The van der Waals surface area contributed by atoms with E-state index in [4.69, 9.17) is 0 Å². The molecule has 0 unspecified atom stereocenters. The molecular formula is C9H14N2O2. The highest BCUT2D eigenvalue weighted by molar-refractivity contribution is 5.77. The molecule has 2 fully saturated rings. The van der Waals surface area contributed by atoms with Crippen molar-refractivity contribution in [1.29, 1.82) is 0 Å². The first kappa shape index (κ1) is 8.66. The van der Waals surface area contributed by atoms with Gasteiger partial charge in [-0.2, -0.15) is 0 Å². The zero-order valence-electron chi connectivity index (χ0n) is 7.58. The van der Waals surface area contributed by atoms with E-state index in [-0.39, 0.29) is 5.91 Å². The maximum absolute atomic E-state index is 11.4. The minimum atomic E-state index is -0.730. The predicted octanol–water partition coefficient (Wildman–Crippen LogP) is 1.55. The Bertz CT molecular complexity index is 232. The van der Waals surface area contributed by atoms with Gasteiger partial charge in [-0.3, -0.25) is 4.79 Å². The van der Waals surface area contributed by atoms with E-state index in [1.54, 1.807) is 0 Å². The molecule has 0 aliphatic heterocycles. The van der Waals surface area contributed by atoms with Crippen molar-refractivity contribution in [3.63, 3.8) is 0 Å². The molecule has 2 aliphatic rings. The van der Waals surface area contributed by atoms with Crippen molar-refractivity contribution in [1.82, 2.24) is 5.32 Å². The van der Waals surface area contributed by atoms with E-state index in [0.717, 1.165) is 19.3 Å². The second kappa shape index (κ2) is 3.09. The summed E-state index contributed by atoms with van der Waals surface area (Å²) in [5.74, 6) is 0.575. The Hall–Kier alpha value is -0.930. The fourth-order valence-electron chi connectivity index (χ4n) is 1.65. The van der Waals surface area contributed by atoms with Crippen LogP contribution in [0.3, 0.4) is 0 Å². The number of carbonyl (C=O) groups excluding carboxylic acids is 1. The fourth-order valence-corrected chi connectivity index (χ4v) is 1.65. The Morgan fingerprint density at radius 3 is 2.54 bits per heavy atom. The third kappa shape index (κ3) is 1.87. The lowest BCUT2D eigenvalue weighted by molar-refractivity contribution is -0.124. The van der Waals surface area contributed by atoms with E-state index in [1.165, 1.54) is 0 Å². The van der Waals surface area contributed by atoms with E-state index in [9.17, 15) is 9.70 Å². The zero-order valence-corrected chi connectivity index (χ0v) is 7.58. The van der Waals surface area contributed by atoms with Gasteiger partial charge in [0.25, 0.3) is 0 Å². The van der Waals surface area contributed by atoms with Crippen molar-refractivity contribution in [3.05, 3.63) is 4.91 Å². The second-order valence-electron chi connectivity index (χ2n) is 4.17. The summed E-state index contributed by atoms with van der Waals surface area (Å²) in [6.07, 6.45) is 5.33. The van der Waals surface area contributed by atoms with Gasteiger partial charge in [-0.25, -0.2) is 0 Å². The summed E-state index contributed by atoms with van der Waals surface area (Å²) in [6, 6.07) is 0. The molecule has 0 saturated heterocycles. The molecule has 4 nitrogen and oxygen atoms in total. The largest absolute Gasteiger partial charge is 0.329 e. The molecule has 0 radical (unpaired) electrons. The van der Waals surface area contributed by atoms with Gasteiger partial charge in [0.1, 0.15) is 0 Å². The van der Waals surface area contributed by atoms with E-state index < -0.39 is 5.66 Å². The normalized spacial score (nSPS) is 24.6. The molecule has 2 rings (SSSR count). The molecular weight excluding hydrogens is 168 g/mol. The first-order chi connectivity index (χ1) is 6.24. The molecule has 0 aromatic rings. The molecule has 0 spiro atoms. The average molecular weight is 182 g/mol. The van der Waals surface area contributed by atoms with E-state index in [0.29, 0.717) is 25.2 Å². The Kier molecular flexibility index (Phi) is 2.06. The van der Waals surface area contributed by atoms with E-state index in [2.05, 4.69) is 10.5 Å². The Balaban J connectivity index is 1.80. The van der Waals surface area contributed by atoms with Crippen molar-refractivity contribution in [2.75, 3.05) is 0 Å². The quantitative estimate of drug-likeness (QED) is 0.670. The van der Waals surface area contributed by atoms with Crippen LogP contribution in [-0.2, 0) is 4.79 Å². The van der Waals surface area contributed by atoms with Gasteiger partial charge in [0.05, 0.1) is 0 Å². The lowest BCUT2D eigenvalue weighted by Crippen LogP contribution is -2.51. The van der Waals surface area contributed by atoms with Crippen LogP contribution < -0.4 is 5.32 Å². The standard InChI is InChI=1S/C9H14N2O2/c12-8(6-7-2-3-7)10-9(11-13)4-1-5-9/h7H,1-6H2,(H,10,12). The van der Waals surface area contributed by atoms with Gasteiger partial charge in [0.15, 0.2) is 5.66 Å². The van der Waals surface area contributed by atoms with Crippen LogP contribution in [0.4, 0.5) is 0 Å². The SMILES string of the molecule is O=NC1(NC(=O)CC2CC2)CCC1. The molecule has 13 heavy (non-hydrogen) atoms. The van der Waals surface area contributed by atoms with Crippen LogP contribution in [0.5, 0.6) is 0 Å². The van der Waals surface area contributed by atoms with Gasteiger partial charge < -0.3 is 5.32 Å². The number of hydrogen-bond donors (Lipinski definition) is 1. The molecule has 2 saturated carbocycles. The van der Waals surface area contributed by atoms with Crippen LogP contribution >= 0.6 is 0 Å². The van der Waals surface area contributed by atoms with Crippen molar-refractivity contribution >= 4 is 5.91 Å². The van der Waals surface area contributed by atoms with Gasteiger partial charge in [-0.1, -0.05) is 0 Å². The molecule has 2 aliphatic carbocycles. The smallest absolute Gasteiger partial charge is 0.222 e. The van der Waals surface area contributed by atoms with Gasteiger partial charge in [-0.15, -0.1) is 4.91 Å². The highest BCUT2D eigenvalue weighted by Crippen LogP contribution is 2.35. The monoisotopic (exact) mass is 182 g/mol. The molecule has 72 valence electrons. The van der Waals surface area contributed by atoms with E-state index in [1.807, 2.05) is 0 Å². The lowest BCUT2D eigenvalue weighted by Gasteiger charge is -2.35. The topological polar surface area (TPSA) is 58.5 Å². The van der Waals surface area contributed by atoms with Crippen LogP contribution in [0.15, 0.2) is 5.18 Å². The first-order valence-electron chi connectivity index (χ1n) is 4.90. The molecule has 0 atom stereocenters. The van der Waals surface area contributed by atoms with Crippen molar-refractivity contribution < 1.29 is 4.79 Å². The minimum absolute atomic E-state index is 0.00167. The van der Waals surface area contributed by atoms with Crippen molar-refractivity contribution in [3.8, 4) is 0 Å². The van der Waals surface area contributed by atoms with Crippen molar-refractivity contribution in [2.24, 2.45) is 11.1 Å². The Morgan fingerprint density at radius 1 is 1.46 bits per heavy atom. The number of nitrogens with one attached hydrogen (secondary N) is 1. The van der Waals surface area contributed by atoms with Crippen LogP contribution in [0, 0.1) is 10.8 Å². The summed E-state index contributed by atoms with van der Waals surface area (Å²) >= 11 is 0. The fraction of sp³-hybridized carbons (Fsp3) is 0.889. The second-order valence-corrected chi connectivity index (χ2v) is 4.17. The van der Waals surface area contributed by atoms with Gasteiger partial charge in [0.2, 0.25) is 5.91 Å². The van der Waals surface area contributed by atoms with Crippen molar-refractivity contribution in [2.45, 2.75) is 44.2 Å². The number of rotatable bonds is 4. The van der Waals surface area contributed by atoms with E-state index >= 15 is 0 Å². The summed E-state index contributed by atoms with van der Waals surface area (Å²) in [5.41, 5.74) is -0.730. The van der Waals surface area contributed by atoms with Crippen LogP contribution in [-0.4, -0.2) is 11.6 Å². The minimum Gasteiger partial charge on any atom is -0.329 e. The highest BCUT2D eigenvalue weighted by Gasteiger charge is 2.40. The van der Waals surface area contributed by atoms with Gasteiger partial charge in [0, 0.05) is 6.42 Å². The zero-order chi connectivity index (χ0) is 9.31. The number of carbonyl (C=O) groups is 1. The van der Waals surface area contributed by atoms with Gasteiger partial charge in [-0.05, 0) is 43.2 Å². The Labute approximate surface area is 77.1 Å². The third-order valence-corrected chi connectivity index (χ3v) is 2.90. The average Bonchev–Trinajstić information content (AvgIpc) is 2.80. The molecule has 4 heteroatoms. The summed E-state index contributed by atoms with van der Waals surface area (Å²) in [4.78, 5) is 21.8. The van der Waals surface area contributed by atoms with Crippen LogP contribution in [0.2, 0.25) is 0 Å². The van der Waals surface area contributed by atoms with Gasteiger partial charge >= 0.3 is 0 Å². The number of hydrogen-bond acceptors (Lipinski definition) is 3. The maximum Gasteiger partial charge on any atom is 0.222 e. The molecule has 0 aromatic carbocycles. The molecule has 0 heterocycles. The summed E-state index contributed by atoms with van der Waals surface area (Å²) < 4.78 is 0. The highest BCUT2D eigenvalue weighted by atomic mass is 16.3. The molecule has 1 N–H and O–H groups in total. The number of amides is 1. The number of nitroso groups, excluding NO2 is 1. The summed E-state index contributed by atoms with van der Waals surface area (Å²) in [6.45, 7) is 0. The summed E-state index contributed by atoms with van der Waals surface area (Å²) in [5, 5.41) is 5.74.